The van der Waals surface area contributed by atoms with E-state index < -0.39 is 5.97 Å². The van der Waals surface area contributed by atoms with E-state index in [1.165, 1.54) is 0 Å². The van der Waals surface area contributed by atoms with E-state index in [-0.39, 0.29) is 30.0 Å². The number of aliphatic carboxylic acids is 1. The molecule has 1 aliphatic heterocycles. The number of carboxylic acid groups (broad SMARTS) is 1. The first-order valence-corrected chi connectivity index (χ1v) is 6.50. The van der Waals surface area contributed by atoms with Crippen LogP contribution in [-0.4, -0.2) is 40.6 Å². The molecule has 0 bridgehead atoms. The number of amides is 2. The standard InChI is InChI=1S/C13H24N2O3/c1-9-6-5-7-15(9)12(18)14-10(8-11(16)17)13(2,3)4/h9-10H,5-8H2,1-4H3,(H,14,18)(H,16,17). The molecule has 104 valence electrons. The van der Waals surface area contributed by atoms with Gasteiger partial charge in [-0.3, -0.25) is 4.79 Å². The Labute approximate surface area is 109 Å². The Balaban J connectivity index is 2.65. The Morgan fingerprint density at radius 3 is 2.44 bits per heavy atom. The number of carboxylic acids is 1. The summed E-state index contributed by atoms with van der Waals surface area (Å²) in [4.78, 5) is 24.8. The summed E-state index contributed by atoms with van der Waals surface area (Å²) in [5, 5.41) is 11.8. The normalized spacial score (nSPS) is 21.8. The van der Waals surface area contributed by atoms with E-state index in [2.05, 4.69) is 5.32 Å². The quantitative estimate of drug-likeness (QED) is 0.812. The van der Waals surface area contributed by atoms with Crippen molar-refractivity contribution in [3.05, 3.63) is 0 Å². The number of rotatable bonds is 3. The van der Waals surface area contributed by atoms with Crippen LogP contribution in [0, 0.1) is 5.41 Å². The van der Waals surface area contributed by atoms with Gasteiger partial charge in [0.2, 0.25) is 0 Å². The Hall–Kier alpha value is -1.26. The van der Waals surface area contributed by atoms with Crippen molar-refractivity contribution in [2.45, 2.75) is 59.0 Å². The molecule has 1 fully saturated rings. The van der Waals surface area contributed by atoms with Crippen LogP contribution < -0.4 is 5.32 Å². The second kappa shape index (κ2) is 5.59. The van der Waals surface area contributed by atoms with Gasteiger partial charge in [0.15, 0.2) is 0 Å². The molecule has 0 aromatic rings. The van der Waals surface area contributed by atoms with Gasteiger partial charge in [0.1, 0.15) is 0 Å². The van der Waals surface area contributed by atoms with Gasteiger partial charge in [0.25, 0.3) is 0 Å². The van der Waals surface area contributed by atoms with Gasteiger partial charge in [-0.1, -0.05) is 20.8 Å². The summed E-state index contributed by atoms with van der Waals surface area (Å²) in [6, 6.07) is -0.244. The van der Waals surface area contributed by atoms with Crippen LogP contribution >= 0.6 is 0 Å². The Morgan fingerprint density at radius 1 is 1.44 bits per heavy atom. The van der Waals surface area contributed by atoms with Gasteiger partial charge >= 0.3 is 12.0 Å². The first-order chi connectivity index (χ1) is 8.21. The lowest BCUT2D eigenvalue weighted by atomic mass is 9.85. The molecule has 0 spiro atoms. The zero-order valence-electron chi connectivity index (χ0n) is 11.7. The smallest absolute Gasteiger partial charge is 0.317 e. The van der Waals surface area contributed by atoms with Crippen molar-refractivity contribution in [2.75, 3.05) is 6.54 Å². The fourth-order valence-electron chi connectivity index (χ4n) is 2.22. The molecule has 2 amide bonds. The lowest BCUT2D eigenvalue weighted by Crippen LogP contribution is -2.51. The molecule has 0 saturated carbocycles. The minimum atomic E-state index is -0.885. The molecule has 1 saturated heterocycles. The number of likely N-dealkylation sites (tertiary alicyclic amines) is 1. The average molecular weight is 256 g/mol. The molecule has 1 aliphatic rings. The van der Waals surface area contributed by atoms with Crippen molar-refractivity contribution in [1.29, 1.82) is 0 Å². The number of carbonyl (C=O) groups is 2. The number of nitrogens with one attached hydrogen (secondary N) is 1. The molecule has 1 heterocycles. The van der Waals surface area contributed by atoms with Crippen molar-refractivity contribution in [2.24, 2.45) is 5.41 Å². The van der Waals surface area contributed by atoms with Gasteiger partial charge in [0.05, 0.1) is 6.42 Å². The molecule has 2 N–H and O–H groups in total. The maximum atomic E-state index is 12.1. The number of hydrogen-bond acceptors (Lipinski definition) is 2. The first kappa shape index (κ1) is 14.8. The number of urea groups is 1. The summed E-state index contributed by atoms with van der Waals surface area (Å²) < 4.78 is 0. The summed E-state index contributed by atoms with van der Waals surface area (Å²) in [6.07, 6.45) is 2.00. The van der Waals surface area contributed by atoms with Crippen molar-refractivity contribution in [3.63, 3.8) is 0 Å². The monoisotopic (exact) mass is 256 g/mol. The maximum absolute atomic E-state index is 12.1. The zero-order chi connectivity index (χ0) is 13.9. The van der Waals surface area contributed by atoms with Crippen molar-refractivity contribution >= 4 is 12.0 Å². The molecule has 0 aromatic carbocycles. The van der Waals surface area contributed by atoms with Crippen molar-refractivity contribution < 1.29 is 14.7 Å². The molecule has 0 radical (unpaired) electrons. The Bertz CT molecular complexity index is 323. The highest BCUT2D eigenvalue weighted by atomic mass is 16.4. The topological polar surface area (TPSA) is 69.6 Å². The van der Waals surface area contributed by atoms with Crippen LogP contribution in [0.4, 0.5) is 4.79 Å². The second-order valence-corrected chi connectivity index (χ2v) is 6.15. The highest BCUT2D eigenvalue weighted by Gasteiger charge is 2.32. The summed E-state index contributed by atoms with van der Waals surface area (Å²) in [6.45, 7) is 8.60. The third kappa shape index (κ3) is 3.89. The molecule has 18 heavy (non-hydrogen) atoms. The van der Waals surface area contributed by atoms with E-state index in [4.69, 9.17) is 5.11 Å². The Morgan fingerprint density at radius 2 is 2.06 bits per heavy atom. The Kier molecular flexibility index (Phi) is 4.59. The third-order valence-electron chi connectivity index (χ3n) is 3.54. The van der Waals surface area contributed by atoms with E-state index in [0.29, 0.717) is 0 Å². The van der Waals surface area contributed by atoms with Crippen LogP contribution in [-0.2, 0) is 4.79 Å². The molecular weight excluding hydrogens is 232 g/mol. The lowest BCUT2D eigenvalue weighted by molar-refractivity contribution is -0.138. The highest BCUT2D eigenvalue weighted by molar-refractivity contribution is 5.76. The molecular formula is C13H24N2O3. The third-order valence-corrected chi connectivity index (χ3v) is 3.54. The number of carbonyl (C=O) groups excluding carboxylic acids is 1. The van der Waals surface area contributed by atoms with Crippen LogP contribution in [0.25, 0.3) is 0 Å². The van der Waals surface area contributed by atoms with E-state index in [1.54, 1.807) is 4.90 Å². The van der Waals surface area contributed by atoms with E-state index in [1.807, 2.05) is 27.7 Å². The van der Waals surface area contributed by atoms with Gasteiger partial charge in [0, 0.05) is 18.6 Å². The molecule has 5 heteroatoms. The first-order valence-electron chi connectivity index (χ1n) is 6.50. The van der Waals surface area contributed by atoms with E-state index in [9.17, 15) is 9.59 Å². The SMILES string of the molecule is CC1CCCN1C(=O)NC(CC(=O)O)C(C)(C)C. The summed E-state index contributed by atoms with van der Waals surface area (Å²) in [7, 11) is 0. The molecule has 1 rings (SSSR count). The maximum Gasteiger partial charge on any atom is 0.317 e. The molecule has 0 aromatic heterocycles. The molecule has 2 atom stereocenters. The fourth-order valence-corrected chi connectivity index (χ4v) is 2.22. The predicted molar refractivity (Wildman–Crippen MR) is 69.4 cm³/mol. The summed E-state index contributed by atoms with van der Waals surface area (Å²) in [5.41, 5.74) is -0.267. The zero-order valence-corrected chi connectivity index (χ0v) is 11.7. The average Bonchev–Trinajstić information content (AvgIpc) is 2.61. The lowest BCUT2D eigenvalue weighted by Gasteiger charge is -2.33. The minimum absolute atomic E-state index is 0.0442. The molecule has 5 nitrogen and oxygen atoms in total. The number of nitrogens with zero attached hydrogens (tertiary/aromatic N) is 1. The molecule has 2 unspecified atom stereocenters. The highest BCUT2D eigenvalue weighted by Crippen LogP contribution is 2.23. The number of hydrogen-bond donors (Lipinski definition) is 2. The second-order valence-electron chi connectivity index (χ2n) is 6.15. The predicted octanol–water partition coefficient (Wildman–Crippen LogP) is 2.07. The van der Waals surface area contributed by atoms with Crippen molar-refractivity contribution in [1.82, 2.24) is 10.2 Å². The minimum Gasteiger partial charge on any atom is -0.481 e. The van der Waals surface area contributed by atoms with Crippen LogP contribution in [0.15, 0.2) is 0 Å². The van der Waals surface area contributed by atoms with Gasteiger partial charge in [-0.2, -0.15) is 0 Å². The van der Waals surface area contributed by atoms with Crippen LogP contribution in [0.5, 0.6) is 0 Å². The van der Waals surface area contributed by atoms with Gasteiger partial charge in [-0.15, -0.1) is 0 Å². The summed E-state index contributed by atoms with van der Waals surface area (Å²) >= 11 is 0. The van der Waals surface area contributed by atoms with Crippen LogP contribution in [0.2, 0.25) is 0 Å². The largest absolute Gasteiger partial charge is 0.481 e. The fraction of sp³-hybridized carbons (Fsp3) is 0.846. The van der Waals surface area contributed by atoms with Crippen molar-refractivity contribution in [3.8, 4) is 0 Å². The van der Waals surface area contributed by atoms with Gasteiger partial charge in [-0.25, -0.2) is 4.79 Å². The molecule has 0 aliphatic carbocycles. The van der Waals surface area contributed by atoms with Gasteiger partial charge < -0.3 is 15.3 Å². The van der Waals surface area contributed by atoms with E-state index in [0.717, 1.165) is 19.4 Å². The van der Waals surface area contributed by atoms with Gasteiger partial charge in [-0.05, 0) is 25.2 Å². The van der Waals surface area contributed by atoms with Crippen LogP contribution in [0.1, 0.15) is 47.0 Å². The summed E-state index contributed by atoms with van der Waals surface area (Å²) in [5.74, 6) is -0.885. The van der Waals surface area contributed by atoms with Crippen LogP contribution in [0.3, 0.4) is 0 Å². The van der Waals surface area contributed by atoms with E-state index >= 15 is 0 Å².